The van der Waals surface area contributed by atoms with Crippen LogP contribution in [0.2, 0.25) is 0 Å². The van der Waals surface area contributed by atoms with Crippen LogP contribution in [0, 0.1) is 24.7 Å². The molecule has 0 fully saturated rings. The molecular weight excluding hydrogens is 236 g/mol. The van der Waals surface area contributed by atoms with Crippen molar-refractivity contribution in [1.82, 2.24) is 5.32 Å². The highest BCUT2D eigenvalue weighted by molar-refractivity contribution is 5.94. The molecule has 3 nitrogen and oxygen atoms in total. The van der Waals surface area contributed by atoms with Gasteiger partial charge in [0.2, 0.25) is 0 Å². The number of carbonyl (C=O) groups is 1. The molecule has 3 heteroatoms. The first-order chi connectivity index (χ1) is 9.04. The highest BCUT2D eigenvalue weighted by atomic mass is 16.1. The summed E-state index contributed by atoms with van der Waals surface area (Å²) in [4.78, 5) is 12.0. The van der Waals surface area contributed by atoms with Gasteiger partial charge >= 0.3 is 0 Å². The molecule has 0 heterocycles. The smallest absolute Gasteiger partial charge is 0.251 e. The number of aryl methyl sites for hydroxylation is 1. The molecule has 0 aliphatic rings. The summed E-state index contributed by atoms with van der Waals surface area (Å²) in [5.41, 5.74) is 7.93. The summed E-state index contributed by atoms with van der Waals surface area (Å²) in [6.07, 6.45) is 0.984. The molecule has 0 aromatic heterocycles. The first kappa shape index (κ1) is 15.3. The number of carbonyl (C=O) groups excluding carboxylic acids is 1. The zero-order valence-corrected chi connectivity index (χ0v) is 11.9. The average molecular weight is 258 g/mol. The molecule has 1 rings (SSSR count). The Balaban J connectivity index is 2.75. The number of rotatable bonds is 4. The summed E-state index contributed by atoms with van der Waals surface area (Å²) in [5.74, 6) is 6.35. The fraction of sp³-hybridized carbons (Fsp3) is 0.438. The number of nitrogens with two attached hydrogens (primary N) is 1. The molecule has 0 saturated heterocycles. The maximum absolute atomic E-state index is 12.0. The van der Waals surface area contributed by atoms with Crippen LogP contribution in [-0.4, -0.2) is 19.0 Å². The molecule has 0 aliphatic heterocycles. The van der Waals surface area contributed by atoms with Crippen molar-refractivity contribution in [2.24, 2.45) is 11.7 Å². The maximum atomic E-state index is 12.0. The minimum atomic E-state index is -0.0450. The summed E-state index contributed by atoms with van der Waals surface area (Å²) >= 11 is 0. The van der Waals surface area contributed by atoms with Crippen LogP contribution in [0.1, 0.15) is 41.8 Å². The average Bonchev–Trinajstić information content (AvgIpc) is 2.37. The van der Waals surface area contributed by atoms with Crippen LogP contribution in [0.25, 0.3) is 0 Å². The van der Waals surface area contributed by atoms with Crippen molar-refractivity contribution in [3.63, 3.8) is 0 Å². The largest absolute Gasteiger partial charge is 0.352 e. The van der Waals surface area contributed by atoms with Gasteiger partial charge in [-0.1, -0.05) is 31.8 Å². The Bertz CT molecular complexity index is 495. The van der Waals surface area contributed by atoms with Crippen LogP contribution in [0.3, 0.4) is 0 Å². The molecule has 0 radical (unpaired) electrons. The third-order valence-electron chi connectivity index (χ3n) is 2.83. The lowest BCUT2D eigenvalue weighted by atomic mass is 10.0. The van der Waals surface area contributed by atoms with Gasteiger partial charge in [0, 0.05) is 17.7 Å². The molecule has 0 bridgehead atoms. The van der Waals surface area contributed by atoms with Crippen LogP contribution in [-0.2, 0) is 0 Å². The van der Waals surface area contributed by atoms with Gasteiger partial charge in [0.15, 0.2) is 0 Å². The van der Waals surface area contributed by atoms with E-state index in [0.717, 1.165) is 17.5 Å². The minimum Gasteiger partial charge on any atom is -0.352 e. The lowest BCUT2D eigenvalue weighted by molar-refractivity contribution is 0.0952. The first-order valence-electron chi connectivity index (χ1n) is 6.62. The van der Waals surface area contributed by atoms with E-state index in [9.17, 15) is 4.79 Å². The molecule has 1 aromatic rings. The van der Waals surface area contributed by atoms with Gasteiger partial charge in [-0.05, 0) is 37.0 Å². The monoisotopic (exact) mass is 258 g/mol. The standard InChI is InChI=1S/C16H22N2O/c1-12(2)8-10-18-16(19)15-7-6-13(3)14(11-15)5-4-9-17/h6-7,11-12H,8-10,17H2,1-3H3,(H,18,19). The van der Waals surface area contributed by atoms with Crippen molar-refractivity contribution >= 4 is 5.91 Å². The molecule has 0 spiro atoms. The summed E-state index contributed by atoms with van der Waals surface area (Å²) in [6, 6.07) is 5.56. The second-order valence-electron chi connectivity index (χ2n) is 4.97. The Kier molecular flexibility index (Phi) is 6.11. The van der Waals surface area contributed by atoms with Gasteiger partial charge in [-0.3, -0.25) is 4.79 Å². The van der Waals surface area contributed by atoms with E-state index in [1.807, 2.05) is 25.1 Å². The zero-order chi connectivity index (χ0) is 14.3. The highest BCUT2D eigenvalue weighted by Crippen LogP contribution is 2.10. The number of hydrogen-bond donors (Lipinski definition) is 2. The van der Waals surface area contributed by atoms with E-state index >= 15 is 0 Å². The predicted octanol–water partition coefficient (Wildman–Crippen LogP) is 2.08. The molecule has 0 atom stereocenters. The maximum Gasteiger partial charge on any atom is 0.251 e. The first-order valence-corrected chi connectivity index (χ1v) is 6.62. The number of amides is 1. The summed E-state index contributed by atoms with van der Waals surface area (Å²) < 4.78 is 0. The Labute approximate surface area is 115 Å². The molecule has 0 unspecified atom stereocenters. The van der Waals surface area contributed by atoms with E-state index in [1.54, 1.807) is 0 Å². The Morgan fingerprint density at radius 1 is 1.42 bits per heavy atom. The number of hydrogen-bond acceptors (Lipinski definition) is 2. The van der Waals surface area contributed by atoms with E-state index in [4.69, 9.17) is 5.73 Å². The van der Waals surface area contributed by atoms with E-state index in [-0.39, 0.29) is 5.91 Å². The van der Waals surface area contributed by atoms with Gasteiger partial charge in [0.1, 0.15) is 0 Å². The third kappa shape index (κ3) is 5.15. The summed E-state index contributed by atoms with van der Waals surface area (Å²) in [6.45, 7) is 7.27. The molecule has 102 valence electrons. The topological polar surface area (TPSA) is 55.1 Å². The van der Waals surface area contributed by atoms with E-state index in [0.29, 0.717) is 24.6 Å². The molecule has 0 saturated carbocycles. The van der Waals surface area contributed by atoms with Gasteiger partial charge in [-0.2, -0.15) is 0 Å². The zero-order valence-electron chi connectivity index (χ0n) is 11.9. The minimum absolute atomic E-state index is 0.0450. The molecule has 1 amide bonds. The van der Waals surface area contributed by atoms with Gasteiger partial charge in [0.25, 0.3) is 5.91 Å². The van der Waals surface area contributed by atoms with Crippen molar-refractivity contribution in [3.8, 4) is 11.8 Å². The van der Waals surface area contributed by atoms with Crippen LogP contribution < -0.4 is 11.1 Å². The van der Waals surface area contributed by atoms with Crippen LogP contribution in [0.5, 0.6) is 0 Å². The molecule has 0 aliphatic carbocycles. The fourth-order valence-corrected chi connectivity index (χ4v) is 1.62. The van der Waals surface area contributed by atoms with Gasteiger partial charge in [0.05, 0.1) is 6.54 Å². The Hall–Kier alpha value is -1.79. The van der Waals surface area contributed by atoms with Gasteiger partial charge in [-0.15, -0.1) is 0 Å². The van der Waals surface area contributed by atoms with Gasteiger partial charge in [-0.25, -0.2) is 0 Å². The fourth-order valence-electron chi connectivity index (χ4n) is 1.62. The molecule has 1 aromatic carbocycles. The number of benzene rings is 1. The summed E-state index contributed by atoms with van der Waals surface area (Å²) in [5, 5.41) is 2.92. The second kappa shape index (κ2) is 7.60. The van der Waals surface area contributed by atoms with Crippen LogP contribution in [0.15, 0.2) is 18.2 Å². The summed E-state index contributed by atoms with van der Waals surface area (Å²) in [7, 11) is 0. The second-order valence-corrected chi connectivity index (χ2v) is 4.97. The Morgan fingerprint density at radius 2 is 2.16 bits per heavy atom. The molecular formula is C16H22N2O. The van der Waals surface area contributed by atoms with Crippen molar-refractivity contribution in [3.05, 3.63) is 34.9 Å². The lowest BCUT2D eigenvalue weighted by Gasteiger charge is -2.08. The van der Waals surface area contributed by atoms with E-state index in [1.165, 1.54) is 0 Å². The van der Waals surface area contributed by atoms with Crippen LogP contribution in [0.4, 0.5) is 0 Å². The third-order valence-corrected chi connectivity index (χ3v) is 2.83. The molecule has 3 N–H and O–H groups in total. The molecule has 19 heavy (non-hydrogen) atoms. The van der Waals surface area contributed by atoms with Crippen molar-refractivity contribution in [2.75, 3.05) is 13.1 Å². The quantitative estimate of drug-likeness (QED) is 0.812. The highest BCUT2D eigenvalue weighted by Gasteiger charge is 2.07. The van der Waals surface area contributed by atoms with E-state index in [2.05, 4.69) is 31.0 Å². The van der Waals surface area contributed by atoms with E-state index < -0.39 is 0 Å². The number of nitrogens with one attached hydrogen (secondary N) is 1. The van der Waals surface area contributed by atoms with Gasteiger partial charge < -0.3 is 11.1 Å². The predicted molar refractivity (Wildman–Crippen MR) is 78.9 cm³/mol. The van der Waals surface area contributed by atoms with Crippen molar-refractivity contribution < 1.29 is 4.79 Å². The SMILES string of the molecule is Cc1ccc(C(=O)NCCC(C)C)cc1C#CCN. The van der Waals surface area contributed by atoms with Crippen LogP contribution >= 0.6 is 0 Å². The Morgan fingerprint density at radius 3 is 2.79 bits per heavy atom. The normalized spacial score (nSPS) is 9.95. The lowest BCUT2D eigenvalue weighted by Crippen LogP contribution is -2.25. The van der Waals surface area contributed by atoms with Crippen molar-refractivity contribution in [2.45, 2.75) is 27.2 Å². The van der Waals surface area contributed by atoms with Crippen molar-refractivity contribution in [1.29, 1.82) is 0 Å².